The highest BCUT2D eigenvalue weighted by atomic mass is 35.5. The highest BCUT2D eigenvalue weighted by molar-refractivity contribution is 6.30. The third-order valence-corrected chi connectivity index (χ3v) is 7.08. The molecule has 2 aliphatic heterocycles. The van der Waals surface area contributed by atoms with Gasteiger partial charge in [0.25, 0.3) is 0 Å². The average Bonchev–Trinajstić information content (AvgIpc) is 2.84. The molecule has 2 heterocycles. The van der Waals surface area contributed by atoms with Crippen LogP contribution in [0.1, 0.15) is 49.8 Å². The molecule has 2 aliphatic rings. The van der Waals surface area contributed by atoms with Crippen molar-refractivity contribution in [1.82, 2.24) is 9.80 Å². The van der Waals surface area contributed by atoms with Crippen LogP contribution in [0.2, 0.25) is 5.02 Å². The molecule has 4 rings (SSSR count). The third-order valence-electron chi connectivity index (χ3n) is 6.85. The van der Waals surface area contributed by atoms with Gasteiger partial charge in [-0.15, -0.1) is 0 Å². The van der Waals surface area contributed by atoms with E-state index in [0.29, 0.717) is 19.7 Å². The first kappa shape index (κ1) is 23.8. The number of nitrogens with zero attached hydrogens (tertiary/aromatic N) is 2. The number of piperidine rings is 2. The summed E-state index contributed by atoms with van der Waals surface area (Å²) < 4.78 is 5.22. The topological polar surface area (TPSA) is 49.9 Å². The quantitative estimate of drug-likeness (QED) is 0.554. The molecule has 1 amide bonds. The lowest BCUT2D eigenvalue weighted by molar-refractivity contribution is -0.152. The van der Waals surface area contributed by atoms with E-state index >= 15 is 0 Å². The summed E-state index contributed by atoms with van der Waals surface area (Å²) in [5.74, 6) is -0.270. The third kappa shape index (κ3) is 5.96. The summed E-state index contributed by atoms with van der Waals surface area (Å²) in [5, 5.41) is 0.728. The van der Waals surface area contributed by atoms with Crippen molar-refractivity contribution in [1.29, 1.82) is 0 Å². The Balaban J connectivity index is 1.48. The summed E-state index contributed by atoms with van der Waals surface area (Å²) >= 11 is 6.24. The normalized spacial score (nSPS) is 23.8. The minimum atomic E-state index is -0.203. The number of hydrogen-bond acceptors (Lipinski definition) is 4. The predicted molar refractivity (Wildman–Crippen MR) is 130 cm³/mol. The lowest BCUT2D eigenvalue weighted by Gasteiger charge is -2.42. The molecule has 2 fully saturated rings. The number of halogens is 1. The van der Waals surface area contributed by atoms with Gasteiger partial charge >= 0.3 is 5.97 Å². The first-order chi connectivity index (χ1) is 16.0. The first-order valence-electron chi connectivity index (χ1n) is 12.0. The summed E-state index contributed by atoms with van der Waals surface area (Å²) in [7, 11) is 0. The number of carbonyl (C=O) groups excluding carboxylic acids is 2. The standard InChI is InChI=1S/C27H33ClN2O3/c1-2-33-27(32)23-11-7-15-29(19-23)26(31)22-13-14-25(21-9-4-3-5-10-21)30(18-22)17-20-8-6-12-24(28)16-20/h3-6,8-10,12,16,22-23,25H,2,7,11,13-15,17-19H2,1H3/t22-,23-,25-/m1/s1. The lowest BCUT2D eigenvalue weighted by atomic mass is 9.87. The van der Waals surface area contributed by atoms with Gasteiger partial charge in [0.15, 0.2) is 0 Å². The number of likely N-dealkylation sites (tertiary alicyclic amines) is 2. The minimum Gasteiger partial charge on any atom is -0.466 e. The maximum Gasteiger partial charge on any atom is 0.310 e. The van der Waals surface area contributed by atoms with Crippen molar-refractivity contribution in [3.8, 4) is 0 Å². The van der Waals surface area contributed by atoms with Crippen LogP contribution in [0.5, 0.6) is 0 Å². The van der Waals surface area contributed by atoms with Gasteiger partial charge in [0.2, 0.25) is 5.91 Å². The van der Waals surface area contributed by atoms with Gasteiger partial charge in [-0.05, 0) is 55.9 Å². The van der Waals surface area contributed by atoms with Crippen LogP contribution in [0.3, 0.4) is 0 Å². The van der Waals surface area contributed by atoms with E-state index in [1.807, 2.05) is 36.1 Å². The molecule has 33 heavy (non-hydrogen) atoms. The number of carbonyl (C=O) groups is 2. The Bertz CT molecular complexity index is 951. The van der Waals surface area contributed by atoms with Crippen molar-refractivity contribution in [3.05, 3.63) is 70.7 Å². The molecule has 3 atom stereocenters. The molecular formula is C27H33ClN2O3. The highest BCUT2D eigenvalue weighted by Gasteiger charge is 2.37. The fourth-order valence-electron chi connectivity index (χ4n) is 5.23. The molecule has 0 radical (unpaired) electrons. The predicted octanol–water partition coefficient (Wildman–Crippen LogP) is 5.10. The maximum atomic E-state index is 13.5. The second-order valence-corrected chi connectivity index (χ2v) is 9.57. The average molecular weight is 469 g/mol. The number of amides is 1. The lowest BCUT2D eigenvalue weighted by Crippen LogP contribution is -2.49. The van der Waals surface area contributed by atoms with E-state index in [1.54, 1.807) is 0 Å². The molecule has 5 nitrogen and oxygen atoms in total. The second kappa shape index (κ2) is 11.2. The Morgan fingerprint density at radius 3 is 2.58 bits per heavy atom. The van der Waals surface area contributed by atoms with Crippen LogP contribution >= 0.6 is 11.6 Å². The molecule has 2 aromatic carbocycles. The molecule has 2 aromatic rings. The van der Waals surface area contributed by atoms with Crippen LogP contribution in [0.4, 0.5) is 0 Å². The zero-order chi connectivity index (χ0) is 23.2. The van der Waals surface area contributed by atoms with Crippen LogP contribution in [-0.4, -0.2) is 47.9 Å². The molecule has 0 aliphatic carbocycles. The van der Waals surface area contributed by atoms with Crippen molar-refractivity contribution in [2.75, 3.05) is 26.2 Å². The molecule has 0 N–H and O–H groups in total. The molecule has 0 aromatic heterocycles. The summed E-state index contributed by atoms with van der Waals surface area (Å²) in [6, 6.07) is 18.8. The molecule has 0 unspecified atom stereocenters. The van der Waals surface area contributed by atoms with Crippen LogP contribution < -0.4 is 0 Å². The van der Waals surface area contributed by atoms with E-state index in [-0.39, 0.29) is 29.8 Å². The Kier molecular flexibility index (Phi) is 8.05. The van der Waals surface area contributed by atoms with Crippen molar-refractivity contribution in [2.24, 2.45) is 11.8 Å². The van der Waals surface area contributed by atoms with Crippen molar-refractivity contribution in [3.63, 3.8) is 0 Å². The van der Waals surface area contributed by atoms with E-state index in [0.717, 1.165) is 49.4 Å². The Morgan fingerprint density at radius 2 is 1.82 bits per heavy atom. The Morgan fingerprint density at radius 1 is 1.00 bits per heavy atom. The monoisotopic (exact) mass is 468 g/mol. The maximum absolute atomic E-state index is 13.5. The second-order valence-electron chi connectivity index (χ2n) is 9.14. The van der Waals surface area contributed by atoms with Gasteiger partial charge in [0.05, 0.1) is 18.4 Å². The van der Waals surface area contributed by atoms with E-state index in [1.165, 1.54) is 5.56 Å². The number of benzene rings is 2. The molecule has 0 bridgehead atoms. The Labute approximate surface area is 201 Å². The Hall–Kier alpha value is -2.37. The van der Waals surface area contributed by atoms with Crippen LogP contribution in [-0.2, 0) is 20.9 Å². The zero-order valence-corrected chi connectivity index (χ0v) is 20.0. The van der Waals surface area contributed by atoms with Gasteiger partial charge < -0.3 is 9.64 Å². The van der Waals surface area contributed by atoms with Crippen molar-refractivity contribution in [2.45, 2.75) is 45.2 Å². The van der Waals surface area contributed by atoms with Gasteiger partial charge in [-0.3, -0.25) is 14.5 Å². The number of rotatable bonds is 6. The minimum absolute atomic E-state index is 0.0647. The largest absolute Gasteiger partial charge is 0.466 e. The summed E-state index contributed by atoms with van der Waals surface area (Å²) in [5.41, 5.74) is 2.43. The van der Waals surface area contributed by atoms with Crippen molar-refractivity contribution >= 4 is 23.5 Å². The van der Waals surface area contributed by atoms with Gasteiger partial charge in [0.1, 0.15) is 0 Å². The van der Waals surface area contributed by atoms with E-state index in [4.69, 9.17) is 16.3 Å². The number of ether oxygens (including phenoxy) is 1. The summed E-state index contributed by atoms with van der Waals surface area (Å²) in [6.07, 6.45) is 3.42. The zero-order valence-electron chi connectivity index (χ0n) is 19.3. The molecular weight excluding hydrogens is 436 g/mol. The number of hydrogen-bond donors (Lipinski definition) is 0. The van der Waals surface area contributed by atoms with Gasteiger partial charge in [0, 0.05) is 37.2 Å². The smallest absolute Gasteiger partial charge is 0.310 e. The molecule has 2 saturated heterocycles. The SMILES string of the molecule is CCOC(=O)[C@@H]1CCCN(C(=O)[C@@H]2CC[C@H](c3ccccc3)N(Cc3cccc(Cl)c3)C2)C1. The number of esters is 1. The highest BCUT2D eigenvalue weighted by Crippen LogP contribution is 2.36. The first-order valence-corrected chi connectivity index (χ1v) is 12.4. The van der Waals surface area contributed by atoms with Crippen molar-refractivity contribution < 1.29 is 14.3 Å². The van der Waals surface area contributed by atoms with Crippen LogP contribution in [0.15, 0.2) is 54.6 Å². The van der Waals surface area contributed by atoms with E-state index in [9.17, 15) is 9.59 Å². The fourth-order valence-corrected chi connectivity index (χ4v) is 5.44. The fraction of sp³-hybridized carbons (Fsp3) is 0.481. The van der Waals surface area contributed by atoms with Crippen LogP contribution in [0, 0.1) is 11.8 Å². The summed E-state index contributed by atoms with van der Waals surface area (Å²) in [6.45, 7) is 4.85. The summed E-state index contributed by atoms with van der Waals surface area (Å²) in [4.78, 5) is 30.1. The molecule has 176 valence electrons. The molecule has 0 spiro atoms. The van der Waals surface area contributed by atoms with Gasteiger partial charge in [-0.25, -0.2) is 0 Å². The molecule has 6 heteroatoms. The van der Waals surface area contributed by atoms with Gasteiger partial charge in [-0.1, -0.05) is 54.1 Å². The van der Waals surface area contributed by atoms with E-state index in [2.05, 4.69) is 35.2 Å². The van der Waals surface area contributed by atoms with Crippen LogP contribution in [0.25, 0.3) is 0 Å². The van der Waals surface area contributed by atoms with Gasteiger partial charge in [-0.2, -0.15) is 0 Å². The molecule has 0 saturated carbocycles. The van der Waals surface area contributed by atoms with E-state index < -0.39 is 0 Å².